The van der Waals surface area contributed by atoms with Crippen LogP contribution in [0.1, 0.15) is 23.4 Å². The van der Waals surface area contributed by atoms with Crippen molar-refractivity contribution < 1.29 is 9.53 Å². The number of nitrogens with zero attached hydrogens (tertiary/aromatic N) is 3. The number of para-hydroxylation sites is 1. The minimum Gasteiger partial charge on any atom is -0.383 e. The molecule has 0 spiro atoms. The fraction of sp³-hybridized carbons (Fsp3) is 0.438. The molecule has 0 aliphatic carbocycles. The number of amides is 1. The van der Waals surface area contributed by atoms with Crippen molar-refractivity contribution in [3.05, 3.63) is 42.0 Å². The summed E-state index contributed by atoms with van der Waals surface area (Å²) in [6, 6.07) is 9.69. The molecule has 1 aromatic heterocycles. The number of nitrogens with one attached hydrogen (secondary N) is 2. The van der Waals surface area contributed by atoms with Gasteiger partial charge >= 0.3 is 0 Å². The number of hydrogen-bond donors (Lipinski definition) is 2. The van der Waals surface area contributed by atoms with Crippen molar-refractivity contribution in [1.82, 2.24) is 25.4 Å². The zero-order valence-electron chi connectivity index (χ0n) is 14.0. The quantitative estimate of drug-likeness (QED) is 0.662. The Hall–Kier alpha value is -1.96. The standard InChI is InChI=1S/C16H23N5O2.ClH/c1-3-14-19-15(16(22)18-10-9-17-11-12-23-2)20-21(14)13-7-5-4-6-8-13;/h4-8,17H,3,9-12H2,1-2H3,(H,18,22);1H. The van der Waals surface area contributed by atoms with E-state index in [0.29, 0.717) is 26.1 Å². The van der Waals surface area contributed by atoms with Gasteiger partial charge in [0.15, 0.2) is 0 Å². The highest BCUT2D eigenvalue weighted by molar-refractivity contribution is 5.90. The summed E-state index contributed by atoms with van der Waals surface area (Å²) >= 11 is 0. The van der Waals surface area contributed by atoms with Gasteiger partial charge in [0.1, 0.15) is 5.82 Å². The molecule has 0 saturated heterocycles. The average molecular weight is 354 g/mol. The van der Waals surface area contributed by atoms with E-state index in [0.717, 1.165) is 18.1 Å². The van der Waals surface area contributed by atoms with Gasteiger partial charge in [-0.15, -0.1) is 17.5 Å². The first-order valence-corrected chi connectivity index (χ1v) is 7.75. The van der Waals surface area contributed by atoms with Gasteiger partial charge in [0.25, 0.3) is 5.91 Å². The summed E-state index contributed by atoms with van der Waals surface area (Å²) < 4.78 is 6.65. The van der Waals surface area contributed by atoms with Crippen molar-refractivity contribution in [2.45, 2.75) is 13.3 Å². The summed E-state index contributed by atoms with van der Waals surface area (Å²) in [6.07, 6.45) is 0.702. The predicted molar refractivity (Wildman–Crippen MR) is 95.1 cm³/mol. The fourth-order valence-electron chi connectivity index (χ4n) is 2.09. The van der Waals surface area contributed by atoms with E-state index in [1.165, 1.54) is 0 Å². The smallest absolute Gasteiger partial charge is 0.291 e. The van der Waals surface area contributed by atoms with Crippen molar-refractivity contribution in [3.8, 4) is 5.69 Å². The molecule has 1 aromatic carbocycles. The van der Waals surface area contributed by atoms with Crippen LogP contribution in [0.3, 0.4) is 0 Å². The zero-order valence-corrected chi connectivity index (χ0v) is 14.8. The molecular weight excluding hydrogens is 330 g/mol. The van der Waals surface area contributed by atoms with Crippen LogP contribution in [0.5, 0.6) is 0 Å². The second-order valence-corrected chi connectivity index (χ2v) is 4.95. The number of ether oxygens (including phenoxy) is 1. The van der Waals surface area contributed by atoms with Crippen LogP contribution >= 0.6 is 12.4 Å². The van der Waals surface area contributed by atoms with Gasteiger partial charge in [0.2, 0.25) is 5.82 Å². The van der Waals surface area contributed by atoms with Crippen LogP contribution in [0.15, 0.2) is 30.3 Å². The van der Waals surface area contributed by atoms with Gasteiger partial charge in [-0.25, -0.2) is 9.67 Å². The Morgan fingerprint density at radius 2 is 1.96 bits per heavy atom. The molecule has 132 valence electrons. The molecule has 0 aliphatic rings. The van der Waals surface area contributed by atoms with Crippen molar-refractivity contribution in [3.63, 3.8) is 0 Å². The first-order valence-electron chi connectivity index (χ1n) is 7.75. The highest BCUT2D eigenvalue weighted by Gasteiger charge is 2.15. The third-order valence-electron chi connectivity index (χ3n) is 3.26. The third kappa shape index (κ3) is 5.59. The maximum atomic E-state index is 12.1. The lowest BCUT2D eigenvalue weighted by Crippen LogP contribution is -2.33. The number of aromatic nitrogens is 3. The van der Waals surface area contributed by atoms with E-state index < -0.39 is 0 Å². The molecular formula is C16H24ClN5O2. The van der Waals surface area contributed by atoms with Gasteiger partial charge in [0, 0.05) is 33.2 Å². The molecule has 0 atom stereocenters. The number of benzene rings is 1. The Labute approximate surface area is 148 Å². The summed E-state index contributed by atoms with van der Waals surface area (Å²) in [5.41, 5.74) is 0.900. The maximum Gasteiger partial charge on any atom is 0.291 e. The van der Waals surface area contributed by atoms with Crippen LogP contribution < -0.4 is 10.6 Å². The average Bonchev–Trinajstić information content (AvgIpc) is 3.03. The summed E-state index contributed by atoms with van der Waals surface area (Å²) in [6.45, 7) is 4.59. The third-order valence-corrected chi connectivity index (χ3v) is 3.26. The van der Waals surface area contributed by atoms with Crippen LogP contribution in [0, 0.1) is 0 Å². The summed E-state index contributed by atoms with van der Waals surface area (Å²) in [5.74, 6) is 0.699. The van der Waals surface area contributed by atoms with E-state index in [-0.39, 0.29) is 24.1 Å². The van der Waals surface area contributed by atoms with Gasteiger partial charge in [-0.3, -0.25) is 4.79 Å². The number of hydrogen-bond acceptors (Lipinski definition) is 5. The highest BCUT2D eigenvalue weighted by Crippen LogP contribution is 2.10. The van der Waals surface area contributed by atoms with Gasteiger partial charge < -0.3 is 15.4 Å². The second-order valence-electron chi connectivity index (χ2n) is 4.95. The topological polar surface area (TPSA) is 81.1 Å². The Bertz CT molecular complexity index is 618. The van der Waals surface area contributed by atoms with Gasteiger partial charge in [-0.1, -0.05) is 25.1 Å². The number of carbonyl (C=O) groups excluding carboxylic acids is 1. The molecule has 0 radical (unpaired) electrons. The monoisotopic (exact) mass is 353 g/mol. The van der Waals surface area contributed by atoms with Gasteiger partial charge in [-0.05, 0) is 12.1 Å². The molecule has 8 heteroatoms. The molecule has 2 rings (SSSR count). The molecule has 0 saturated carbocycles. The lowest BCUT2D eigenvalue weighted by atomic mass is 10.3. The fourth-order valence-corrected chi connectivity index (χ4v) is 2.09. The molecule has 0 fully saturated rings. The number of methoxy groups -OCH3 is 1. The maximum absolute atomic E-state index is 12.1. The Balaban J connectivity index is 0.00000288. The van der Waals surface area contributed by atoms with E-state index in [2.05, 4.69) is 20.7 Å². The number of halogens is 1. The summed E-state index contributed by atoms with van der Waals surface area (Å²) in [5, 5.41) is 10.3. The number of rotatable bonds is 9. The van der Waals surface area contributed by atoms with Crippen LogP contribution in [0.25, 0.3) is 5.69 Å². The normalized spacial score (nSPS) is 10.2. The number of carbonyl (C=O) groups is 1. The number of aryl methyl sites for hydroxylation is 1. The van der Waals surface area contributed by atoms with Crippen LogP contribution in [-0.4, -0.2) is 54.0 Å². The van der Waals surface area contributed by atoms with E-state index in [9.17, 15) is 4.79 Å². The van der Waals surface area contributed by atoms with Crippen LogP contribution in [-0.2, 0) is 11.2 Å². The van der Waals surface area contributed by atoms with Crippen molar-refractivity contribution >= 4 is 18.3 Å². The summed E-state index contributed by atoms with van der Waals surface area (Å²) in [7, 11) is 1.66. The minimum absolute atomic E-state index is 0. The van der Waals surface area contributed by atoms with E-state index >= 15 is 0 Å². The zero-order chi connectivity index (χ0) is 16.5. The molecule has 1 amide bonds. The minimum atomic E-state index is -0.261. The SMILES string of the molecule is CCc1nc(C(=O)NCCNCCOC)nn1-c1ccccc1.Cl. The summed E-state index contributed by atoms with van der Waals surface area (Å²) in [4.78, 5) is 16.5. The molecule has 0 bridgehead atoms. The Morgan fingerprint density at radius 1 is 1.21 bits per heavy atom. The second kappa shape index (κ2) is 10.7. The van der Waals surface area contributed by atoms with Gasteiger partial charge in [0.05, 0.1) is 12.3 Å². The lowest BCUT2D eigenvalue weighted by molar-refractivity contribution is 0.0943. The van der Waals surface area contributed by atoms with Crippen LogP contribution in [0.2, 0.25) is 0 Å². The highest BCUT2D eigenvalue weighted by atomic mass is 35.5. The molecule has 2 N–H and O–H groups in total. The van der Waals surface area contributed by atoms with Crippen molar-refractivity contribution in [2.75, 3.05) is 33.4 Å². The lowest BCUT2D eigenvalue weighted by Gasteiger charge is -2.04. The van der Waals surface area contributed by atoms with E-state index in [4.69, 9.17) is 4.74 Å². The van der Waals surface area contributed by atoms with E-state index in [1.54, 1.807) is 11.8 Å². The Kier molecular flexibility index (Phi) is 8.99. The van der Waals surface area contributed by atoms with Crippen molar-refractivity contribution in [1.29, 1.82) is 0 Å². The van der Waals surface area contributed by atoms with E-state index in [1.807, 2.05) is 37.3 Å². The van der Waals surface area contributed by atoms with Crippen molar-refractivity contribution in [2.24, 2.45) is 0 Å². The first kappa shape index (κ1) is 20.1. The first-order chi connectivity index (χ1) is 11.3. The molecule has 0 aliphatic heterocycles. The Morgan fingerprint density at radius 3 is 2.62 bits per heavy atom. The molecule has 2 aromatic rings. The molecule has 1 heterocycles. The molecule has 0 unspecified atom stereocenters. The van der Waals surface area contributed by atoms with Gasteiger partial charge in [-0.2, -0.15) is 0 Å². The molecule has 24 heavy (non-hydrogen) atoms. The van der Waals surface area contributed by atoms with Crippen LogP contribution in [0.4, 0.5) is 0 Å². The largest absolute Gasteiger partial charge is 0.383 e. The predicted octanol–water partition coefficient (Wildman–Crippen LogP) is 1.22. The molecule has 7 nitrogen and oxygen atoms in total.